The van der Waals surface area contributed by atoms with Crippen LogP contribution in [0.4, 0.5) is 4.79 Å². The molecule has 8 nitrogen and oxygen atoms in total. The first-order chi connectivity index (χ1) is 18.8. The summed E-state index contributed by atoms with van der Waals surface area (Å²) in [6, 6.07) is 24.4. The van der Waals surface area contributed by atoms with E-state index in [0.717, 1.165) is 27.8 Å². The van der Waals surface area contributed by atoms with E-state index in [4.69, 9.17) is 9.47 Å². The first-order valence-corrected chi connectivity index (χ1v) is 13.1. The highest BCUT2D eigenvalue weighted by molar-refractivity contribution is 5.85. The number of carbonyl (C=O) groups is 3. The largest absolute Gasteiger partial charge is 0.480 e. The van der Waals surface area contributed by atoms with E-state index in [0.29, 0.717) is 6.42 Å². The Labute approximate surface area is 228 Å². The number of alkyl carbamates (subject to hydrolysis) is 1. The lowest BCUT2D eigenvalue weighted by Crippen LogP contribution is -2.50. The third kappa shape index (κ3) is 7.03. The smallest absolute Gasteiger partial charge is 0.407 e. The van der Waals surface area contributed by atoms with Gasteiger partial charge in [0.15, 0.2) is 6.04 Å². The molecule has 1 aliphatic carbocycles. The molecule has 0 fully saturated rings. The summed E-state index contributed by atoms with van der Waals surface area (Å²) in [5.74, 6) is -2.16. The highest BCUT2D eigenvalue weighted by Gasteiger charge is 2.30. The van der Waals surface area contributed by atoms with Crippen molar-refractivity contribution in [2.24, 2.45) is 5.92 Å². The van der Waals surface area contributed by atoms with Gasteiger partial charge in [0, 0.05) is 18.4 Å². The van der Waals surface area contributed by atoms with E-state index in [-0.39, 0.29) is 25.7 Å². The predicted octanol–water partition coefficient (Wildman–Crippen LogP) is 4.73. The standard InChI is InChI=1S/C31H34N2O6/c1-20(29(34)33-28(30(35)36)21(2)38-18-22-10-4-3-5-11-22)16-17-32-31(37)39-19-27-25-14-8-6-12-23(25)24-13-7-9-15-26(24)27/h3-15,20-21,27-28H,16-19H2,1-2H3,(H,32,37)(H,33,34)(H,35,36)/t20?,21-,28+/m1/s1. The maximum Gasteiger partial charge on any atom is 0.407 e. The quantitative estimate of drug-likeness (QED) is 0.312. The SMILES string of the molecule is CC(CCNC(=O)OCC1c2ccccc2-c2ccccc21)C(=O)N[C@H](C(=O)O)[C@@H](C)OCc1ccccc1. The number of nitrogens with one attached hydrogen (secondary N) is 2. The molecule has 3 N–H and O–H groups in total. The van der Waals surface area contributed by atoms with E-state index >= 15 is 0 Å². The number of carboxylic acids is 1. The molecule has 1 unspecified atom stereocenters. The van der Waals surface area contributed by atoms with Gasteiger partial charge in [-0.25, -0.2) is 9.59 Å². The Hall–Kier alpha value is -4.17. The van der Waals surface area contributed by atoms with Crippen LogP contribution >= 0.6 is 0 Å². The topological polar surface area (TPSA) is 114 Å². The molecule has 0 saturated heterocycles. The minimum absolute atomic E-state index is 0.0353. The third-order valence-corrected chi connectivity index (χ3v) is 7.03. The van der Waals surface area contributed by atoms with Gasteiger partial charge < -0.3 is 25.2 Å². The van der Waals surface area contributed by atoms with Crippen molar-refractivity contribution in [3.8, 4) is 11.1 Å². The van der Waals surface area contributed by atoms with Crippen molar-refractivity contribution in [1.82, 2.24) is 10.6 Å². The predicted molar refractivity (Wildman–Crippen MR) is 147 cm³/mol. The second kappa shape index (κ2) is 13.1. The summed E-state index contributed by atoms with van der Waals surface area (Å²) in [6.45, 7) is 3.95. The number of hydrogen-bond acceptors (Lipinski definition) is 5. The number of carboxylic acid groups (broad SMARTS) is 1. The van der Waals surface area contributed by atoms with Crippen LogP contribution in [0.3, 0.4) is 0 Å². The van der Waals surface area contributed by atoms with E-state index < -0.39 is 36.0 Å². The lowest BCUT2D eigenvalue weighted by molar-refractivity contribution is -0.147. The van der Waals surface area contributed by atoms with Crippen LogP contribution in [-0.4, -0.2) is 48.4 Å². The fourth-order valence-corrected chi connectivity index (χ4v) is 4.74. The van der Waals surface area contributed by atoms with Gasteiger partial charge in [0.2, 0.25) is 5.91 Å². The van der Waals surface area contributed by atoms with Crippen LogP contribution in [0.5, 0.6) is 0 Å². The highest BCUT2D eigenvalue weighted by Crippen LogP contribution is 2.44. The molecule has 204 valence electrons. The van der Waals surface area contributed by atoms with Crippen LogP contribution in [0.15, 0.2) is 78.9 Å². The van der Waals surface area contributed by atoms with Crippen LogP contribution in [-0.2, 0) is 25.7 Å². The zero-order valence-corrected chi connectivity index (χ0v) is 22.1. The Morgan fingerprint density at radius 1 is 0.872 bits per heavy atom. The molecule has 8 heteroatoms. The highest BCUT2D eigenvalue weighted by atomic mass is 16.5. The van der Waals surface area contributed by atoms with E-state index in [9.17, 15) is 19.5 Å². The number of carbonyl (C=O) groups excluding carboxylic acids is 2. The molecule has 0 radical (unpaired) electrons. The molecule has 0 aromatic heterocycles. The molecule has 3 aromatic carbocycles. The maximum absolute atomic E-state index is 12.7. The second-order valence-corrected chi connectivity index (χ2v) is 9.77. The fourth-order valence-electron chi connectivity index (χ4n) is 4.74. The van der Waals surface area contributed by atoms with Crippen molar-refractivity contribution in [2.45, 2.75) is 44.9 Å². The summed E-state index contributed by atoms with van der Waals surface area (Å²) >= 11 is 0. The average Bonchev–Trinajstić information content (AvgIpc) is 3.27. The number of rotatable bonds is 12. The molecule has 1 aliphatic rings. The Morgan fingerprint density at radius 2 is 1.46 bits per heavy atom. The van der Waals surface area contributed by atoms with Crippen molar-refractivity contribution in [3.05, 3.63) is 95.6 Å². The molecule has 0 saturated carbocycles. The molecular weight excluding hydrogens is 496 g/mol. The molecule has 0 bridgehead atoms. The summed E-state index contributed by atoms with van der Waals surface area (Å²) in [6.07, 6.45) is -0.977. The van der Waals surface area contributed by atoms with E-state index in [1.165, 1.54) is 0 Å². The van der Waals surface area contributed by atoms with Gasteiger partial charge in [-0.1, -0.05) is 85.8 Å². The molecule has 4 rings (SSSR count). The molecule has 0 spiro atoms. The summed E-state index contributed by atoms with van der Waals surface area (Å²) in [4.78, 5) is 36.8. The molecular formula is C31H34N2O6. The van der Waals surface area contributed by atoms with Crippen LogP contribution in [0, 0.1) is 5.92 Å². The number of amides is 2. The Balaban J connectivity index is 1.21. The van der Waals surface area contributed by atoms with Gasteiger partial charge in [0.1, 0.15) is 6.61 Å². The summed E-state index contributed by atoms with van der Waals surface area (Å²) in [7, 11) is 0. The van der Waals surface area contributed by atoms with Crippen molar-refractivity contribution in [2.75, 3.05) is 13.2 Å². The van der Waals surface area contributed by atoms with Gasteiger partial charge in [-0.2, -0.15) is 0 Å². The third-order valence-electron chi connectivity index (χ3n) is 7.03. The molecule has 3 atom stereocenters. The number of ether oxygens (including phenoxy) is 2. The minimum atomic E-state index is -1.20. The van der Waals surface area contributed by atoms with E-state index in [2.05, 4.69) is 34.9 Å². The average molecular weight is 531 g/mol. The van der Waals surface area contributed by atoms with Gasteiger partial charge in [-0.3, -0.25) is 4.79 Å². The maximum atomic E-state index is 12.7. The fraction of sp³-hybridized carbons (Fsp3) is 0.323. The van der Waals surface area contributed by atoms with Crippen molar-refractivity contribution in [3.63, 3.8) is 0 Å². The van der Waals surface area contributed by atoms with Crippen LogP contribution in [0.25, 0.3) is 11.1 Å². The Bertz CT molecular complexity index is 1250. The Kier molecular flexibility index (Phi) is 9.33. The van der Waals surface area contributed by atoms with Gasteiger partial charge in [0.05, 0.1) is 12.7 Å². The number of benzene rings is 3. The summed E-state index contributed by atoms with van der Waals surface area (Å²) in [5, 5.41) is 14.9. The molecule has 0 heterocycles. The number of fused-ring (bicyclic) bond motifs is 3. The number of aliphatic carboxylic acids is 1. The van der Waals surface area contributed by atoms with Gasteiger partial charge in [0.25, 0.3) is 0 Å². The van der Waals surface area contributed by atoms with Crippen molar-refractivity contribution >= 4 is 18.0 Å². The molecule has 39 heavy (non-hydrogen) atoms. The zero-order chi connectivity index (χ0) is 27.8. The molecule has 3 aromatic rings. The Morgan fingerprint density at radius 3 is 2.08 bits per heavy atom. The molecule has 0 aliphatic heterocycles. The van der Waals surface area contributed by atoms with Gasteiger partial charge in [-0.15, -0.1) is 0 Å². The van der Waals surface area contributed by atoms with Crippen LogP contribution in [0.2, 0.25) is 0 Å². The van der Waals surface area contributed by atoms with E-state index in [1.807, 2.05) is 54.6 Å². The van der Waals surface area contributed by atoms with Crippen molar-refractivity contribution in [1.29, 1.82) is 0 Å². The van der Waals surface area contributed by atoms with Crippen molar-refractivity contribution < 1.29 is 29.0 Å². The van der Waals surface area contributed by atoms with Gasteiger partial charge in [-0.05, 0) is 41.2 Å². The first kappa shape index (κ1) is 27.9. The van der Waals surface area contributed by atoms with Gasteiger partial charge >= 0.3 is 12.1 Å². The number of hydrogen-bond donors (Lipinski definition) is 3. The van der Waals surface area contributed by atoms with E-state index in [1.54, 1.807) is 13.8 Å². The van der Waals surface area contributed by atoms with Crippen LogP contribution in [0.1, 0.15) is 42.9 Å². The zero-order valence-electron chi connectivity index (χ0n) is 22.1. The second-order valence-electron chi connectivity index (χ2n) is 9.77. The van der Waals surface area contributed by atoms with Crippen LogP contribution < -0.4 is 10.6 Å². The normalized spacial score (nSPS) is 14.4. The summed E-state index contributed by atoms with van der Waals surface area (Å²) < 4.78 is 11.2. The lowest BCUT2D eigenvalue weighted by Gasteiger charge is -2.23. The summed E-state index contributed by atoms with van der Waals surface area (Å²) in [5.41, 5.74) is 5.48. The monoisotopic (exact) mass is 530 g/mol. The minimum Gasteiger partial charge on any atom is -0.480 e. The first-order valence-electron chi connectivity index (χ1n) is 13.1. The molecule has 2 amide bonds. The lowest BCUT2D eigenvalue weighted by atomic mass is 9.98.